The molecule has 0 saturated carbocycles. The smallest absolute Gasteiger partial charge is 0.280 e. The molecule has 0 aliphatic rings. The van der Waals surface area contributed by atoms with Gasteiger partial charge in [0.15, 0.2) is 11.5 Å². The van der Waals surface area contributed by atoms with Crippen molar-refractivity contribution in [2.24, 2.45) is 0 Å². The van der Waals surface area contributed by atoms with E-state index in [1.54, 1.807) is 24.3 Å². The first kappa shape index (κ1) is 15.9. The number of hydrogen-bond donors (Lipinski definition) is 1. The Hall–Kier alpha value is -3.62. The van der Waals surface area contributed by atoms with E-state index in [0.29, 0.717) is 11.3 Å². The maximum Gasteiger partial charge on any atom is 0.280 e. The molecular formula is C17H11F2N5O2. The number of carbonyl (C=O) groups is 1. The van der Waals surface area contributed by atoms with Crippen LogP contribution >= 0.6 is 0 Å². The van der Waals surface area contributed by atoms with Crippen LogP contribution in [0.15, 0.2) is 59.4 Å². The lowest BCUT2D eigenvalue weighted by Crippen LogP contribution is -2.13. The van der Waals surface area contributed by atoms with Gasteiger partial charge < -0.3 is 9.84 Å². The number of nitrogens with zero attached hydrogens (tertiary/aromatic N) is 4. The number of aromatic nitrogens is 4. The van der Waals surface area contributed by atoms with Crippen LogP contribution in [0.2, 0.25) is 0 Å². The molecule has 0 saturated heterocycles. The van der Waals surface area contributed by atoms with Crippen molar-refractivity contribution in [1.82, 2.24) is 19.8 Å². The standard InChI is InChI=1S/C17H11F2N5O2/c18-15(19)13-8-12(10-4-2-1-3-5-10)21-16-11(9-20-24(13)16)17(25)22-14-6-7-26-23-14/h1-9,15H,(H,22,23,25). The minimum Gasteiger partial charge on any atom is -0.363 e. The molecule has 0 atom stereocenters. The summed E-state index contributed by atoms with van der Waals surface area (Å²) in [5, 5.41) is 9.98. The first-order valence-corrected chi connectivity index (χ1v) is 7.57. The van der Waals surface area contributed by atoms with E-state index in [1.807, 2.05) is 6.07 Å². The Morgan fingerprint density at radius 1 is 1.19 bits per heavy atom. The van der Waals surface area contributed by atoms with Crippen LogP contribution in [0.5, 0.6) is 0 Å². The summed E-state index contributed by atoms with van der Waals surface area (Å²) >= 11 is 0. The van der Waals surface area contributed by atoms with Crippen LogP contribution in [0, 0.1) is 0 Å². The minimum atomic E-state index is -2.78. The van der Waals surface area contributed by atoms with Gasteiger partial charge in [0.25, 0.3) is 12.3 Å². The van der Waals surface area contributed by atoms with Gasteiger partial charge >= 0.3 is 0 Å². The van der Waals surface area contributed by atoms with Gasteiger partial charge in [-0.3, -0.25) is 4.79 Å². The van der Waals surface area contributed by atoms with Crippen LogP contribution in [-0.4, -0.2) is 25.7 Å². The molecule has 26 heavy (non-hydrogen) atoms. The maximum absolute atomic E-state index is 13.5. The third-order valence-electron chi connectivity index (χ3n) is 3.72. The van der Waals surface area contributed by atoms with Crippen molar-refractivity contribution in [1.29, 1.82) is 0 Å². The Bertz CT molecular complexity index is 1060. The molecule has 3 heterocycles. The van der Waals surface area contributed by atoms with E-state index in [1.165, 1.54) is 24.6 Å². The number of carbonyl (C=O) groups excluding carboxylic acids is 1. The van der Waals surface area contributed by atoms with Gasteiger partial charge in [-0.25, -0.2) is 18.3 Å². The molecule has 0 bridgehead atoms. The molecule has 0 aliphatic carbocycles. The molecule has 0 fully saturated rings. The topological polar surface area (TPSA) is 85.3 Å². The maximum atomic E-state index is 13.5. The SMILES string of the molecule is O=C(Nc1ccon1)c1cnn2c(C(F)F)cc(-c3ccccc3)nc12. The molecule has 0 radical (unpaired) electrons. The van der Waals surface area contributed by atoms with Gasteiger partial charge in [-0.1, -0.05) is 35.5 Å². The summed E-state index contributed by atoms with van der Waals surface area (Å²) in [7, 11) is 0. The van der Waals surface area contributed by atoms with Crippen molar-refractivity contribution >= 4 is 17.4 Å². The van der Waals surface area contributed by atoms with E-state index < -0.39 is 12.3 Å². The minimum absolute atomic E-state index is 0.0302. The number of halogens is 2. The van der Waals surface area contributed by atoms with Gasteiger partial charge in [-0.15, -0.1) is 0 Å². The number of nitrogens with one attached hydrogen (secondary N) is 1. The van der Waals surface area contributed by atoms with Crippen LogP contribution in [0.4, 0.5) is 14.6 Å². The monoisotopic (exact) mass is 355 g/mol. The fourth-order valence-electron chi connectivity index (χ4n) is 2.52. The second-order valence-corrected chi connectivity index (χ2v) is 5.37. The molecule has 7 nitrogen and oxygen atoms in total. The zero-order valence-electron chi connectivity index (χ0n) is 13.1. The van der Waals surface area contributed by atoms with Gasteiger partial charge in [0.05, 0.1) is 11.9 Å². The van der Waals surface area contributed by atoms with Crippen LogP contribution in [-0.2, 0) is 0 Å². The summed E-state index contributed by atoms with van der Waals surface area (Å²) in [5.41, 5.74) is 0.704. The van der Waals surface area contributed by atoms with E-state index >= 15 is 0 Å². The van der Waals surface area contributed by atoms with Crippen molar-refractivity contribution < 1.29 is 18.1 Å². The highest BCUT2D eigenvalue weighted by atomic mass is 19.3. The third-order valence-corrected chi connectivity index (χ3v) is 3.72. The Labute approximate surface area is 145 Å². The third kappa shape index (κ3) is 2.79. The number of fused-ring (bicyclic) bond motifs is 1. The highest BCUT2D eigenvalue weighted by Crippen LogP contribution is 2.26. The zero-order valence-corrected chi connectivity index (χ0v) is 13.1. The predicted octanol–water partition coefficient (Wildman–Crippen LogP) is 3.57. The lowest BCUT2D eigenvalue weighted by Gasteiger charge is -2.08. The molecule has 0 unspecified atom stereocenters. The number of rotatable bonds is 4. The fourth-order valence-corrected chi connectivity index (χ4v) is 2.52. The van der Waals surface area contributed by atoms with Crippen molar-refractivity contribution in [2.45, 2.75) is 6.43 Å². The second-order valence-electron chi connectivity index (χ2n) is 5.37. The number of amides is 1. The molecule has 4 rings (SSSR count). The lowest BCUT2D eigenvalue weighted by atomic mass is 10.1. The molecule has 130 valence electrons. The molecule has 0 spiro atoms. The molecule has 1 amide bonds. The summed E-state index contributed by atoms with van der Waals surface area (Å²) in [6.07, 6.45) is -0.292. The normalized spacial score (nSPS) is 11.2. The molecule has 0 aliphatic heterocycles. The molecule has 9 heteroatoms. The summed E-state index contributed by atoms with van der Waals surface area (Å²) in [5.74, 6) is -0.380. The molecule has 3 aromatic heterocycles. The Morgan fingerprint density at radius 3 is 2.69 bits per heavy atom. The van der Waals surface area contributed by atoms with Gasteiger partial charge in [-0.05, 0) is 6.07 Å². The zero-order chi connectivity index (χ0) is 18.1. The molecule has 4 aromatic rings. The fraction of sp³-hybridized carbons (Fsp3) is 0.0588. The van der Waals surface area contributed by atoms with Gasteiger partial charge in [0, 0.05) is 11.6 Å². The van der Waals surface area contributed by atoms with Crippen LogP contribution in [0.25, 0.3) is 16.9 Å². The van der Waals surface area contributed by atoms with Crippen molar-refractivity contribution in [3.63, 3.8) is 0 Å². The van der Waals surface area contributed by atoms with E-state index in [4.69, 9.17) is 0 Å². The van der Waals surface area contributed by atoms with Crippen LogP contribution in [0.1, 0.15) is 22.5 Å². The number of benzene rings is 1. The Balaban J connectivity index is 1.85. The largest absolute Gasteiger partial charge is 0.363 e. The number of hydrogen-bond acceptors (Lipinski definition) is 5. The van der Waals surface area contributed by atoms with E-state index in [2.05, 4.69) is 25.1 Å². The van der Waals surface area contributed by atoms with Crippen molar-refractivity contribution in [3.05, 3.63) is 66.2 Å². The molecular weight excluding hydrogens is 344 g/mol. The van der Waals surface area contributed by atoms with E-state index in [0.717, 1.165) is 4.52 Å². The average Bonchev–Trinajstić information content (AvgIpc) is 3.30. The summed E-state index contributed by atoms with van der Waals surface area (Å²) < 4.78 is 32.6. The summed E-state index contributed by atoms with van der Waals surface area (Å²) in [6, 6.07) is 11.6. The van der Waals surface area contributed by atoms with Gasteiger partial charge in [0.1, 0.15) is 17.5 Å². The predicted molar refractivity (Wildman–Crippen MR) is 87.8 cm³/mol. The van der Waals surface area contributed by atoms with Gasteiger partial charge in [-0.2, -0.15) is 5.10 Å². The van der Waals surface area contributed by atoms with Crippen molar-refractivity contribution in [3.8, 4) is 11.3 Å². The average molecular weight is 355 g/mol. The quantitative estimate of drug-likeness (QED) is 0.605. The molecule has 1 N–H and O–H groups in total. The van der Waals surface area contributed by atoms with E-state index in [9.17, 15) is 13.6 Å². The van der Waals surface area contributed by atoms with Crippen molar-refractivity contribution in [2.75, 3.05) is 5.32 Å². The van der Waals surface area contributed by atoms with Gasteiger partial charge in [0.2, 0.25) is 0 Å². The first-order valence-electron chi connectivity index (χ1n) is 7.57. The van der Waals surface area contributed by atoms with Crippen LogP contribution < -0.4 is 5.32 Å². The van der Waals surface area contributed by atoms with E-state index in [-0.39, 0.29) is 22.7 Å². The number of anilines is 1. The number of alkyl halides is 2. The van der Waals surface area contributed by atoms with Crippen LogP contribution in [0.3, 0.4) is 0 Å². The summed E-state index contributed by atoms with van der Waals surface area (Å²) in [4.78, 5) is 16.8. The Morgan fingerprint density at radius 2 is 2.00 bits per heavy atom. The summed E-state index contributed by atoms with van der Waals surface area (Å²) in [6.45, 7) is 0. The molecule has 1 aromatic carbocycles. The first-order chi connectivity index (χ1) is 12.6. The Kier molecular flexibility index (Phi) is 3.88. The highest BCUT2D eigenvalue weighted by Gasteiger charge is 2.22. The highest BCUT2D eigenvalue weighted by molar-refractivity contribution is 6.07. The second kappa shape index (κ2) is 6.36. The lowest BCUT2D eigenvalue weighted by molar-refractivity contribution is 0.102.